The third-order valence-electron chi connectivity index (χ3n) is 2.67. The number of amides is 1. The fourth-order valence-electron chi connectivity index (χ4n) is 1.94. The second kappa shape index (κ2) is 5.22. The minimum Gasteiger partial charge on any atom is -0.278 e. The van der Waals surface area contributed by atoms with Gasteiger partial charge in [-0.1, -0.05) is 13.3 Å². The molecule has 0 aromatic carbocycles. The number of nitrogens with zero attached hydrogens (tertiary/aromatic N) is 2. The average Bonchev–Trinajstić information content (AvgIpc) is 2.16. The monoisotopic (exact) mass is 184 g/mol. The molecule has 1 amide bonds. The molecular formula is C10H20N2O. The molecule has 0 aliphatic carbocycles. The zero-order chi connectivity index (χ0) is 9.68. The molecule has 0 N–H and O–H groups in total. The topological polar surface area (TPSA) is 23.6 Å². The highest BCUT2D eigenvalue weighted by Crippen LogP contribution is 2.17. The van der Waals surface area contributed by atoms with Crippen molar-refractivity contribution in [2.75, 3.05) is 13.1 Å². The van der Waals surface area contributed by atoms with E-state index in [2.05, 4.69) is 18.9 Å². The molecule has 0 radical (unpaired) electrons. The van der Waals surface area contributed by atoms with Gasteiger partial charge < -0.3 is 0 Å². The highest BCUT2D eigenvalue weighted by molar-refractivity contribution is 5.46. The third kappa shape index (κ3) is 2.69. The van der Waals surface area contributed by atoms with Crippen LogP contribution in [-0.4, -0.2) is 35.6 Å². The molecule has 1 fully saturated rings. The number of hydrogen-bond acceptors (Lipinski definition) is 2. The van der Waals surface area contributed by atoms with Crippen LogP contribution in [0, 0.1) is 0 Å². The van der Waals surface area contributed by atoms with E-state index in [1.807, 2.05) is 5.01 Å². The fraction of sp³-hybridized carbons (Fsp3) is 0.900. The van der Waals surface area contributed by atoms with Crippen LogP contribution in [-0.2, 0) is 4.79 Å². The van der Waals surface area contributed by atoms with Gasteiger partial charge in [-0.25, -0.2) is 5.01 Å². The molecule has 1 aliphatic heterocycles. The number of carbonyl (C=O) groups excluding carboxylic acids is 1. The van der Waals surface area contributed by atoms with E-state index in [4.69, 9.17) is 0 Å². The predicted octanol–water partition coefficient (Wildman–Crippen LogP) is 1.64. The van der Waals surface area contributed by atoms with Crippen molar-refractivity contribution in [3.05, 3.63) is 0 Å². The van der Waals surface area contributed by atoms with Crippen molar-refractivity contribution in [1.82, 2.24) is 10.0 Å². The summed E-state index contributed by atoms with van der Waals surface area (Å²) in [6.45, 7) is 6.20. The highest BCUT2D eigenvalue weighted by Gasteiger charge is 2.22. The van der Waals surface area contributed by atoms with Crippen molar-refractivity contribution in [3.63, 3.8) is 0 Å². The van der Waals surface area contributed by atoms with Crippen LogP contribution in [0.4, 0.5) is 0 Å². The number of hydrogen-bond donors (Lipinski definition) is 0. The van der Waals surface area contributed by atoms with Crippen LogP contribution < -0.4 is 0 Å². The molecule has 0 aromatic heterocycles. The van der Waals surface area contributed by atoms with Crippen LogP contribution in [0.1, 0.15) is 39.5 Å². The zero-order valence-corrected chi connectivity index (χ0v) is 8.70. The van der Waals surface area contributed by atoms with Crippen molar-refractivity contribution in [2.45, 2.75) is 45.6 Å². The first-order valence-corrected chi connectivity index (χ1v) is 5.28. The van der Waals surface area contributed by atoms with Gasteiger partial charge >= 0.3 is 0 Å². The van der Waals surface area contributed by atoms with Crippen molar-refractivity contribution in [3.8, 4) is 0 Å². The molecule has 1 unspecified atom stereocenters. The standard InChI is InChI=1S/C10H20N2O/c1-3-7-11(9-13)12-8-5-4-6-10(12)2/h9-10H,3-8H2,1-2H3. The molecule has 76 valence electrons. The highest BCUT2D eigenvalue weighted by atomic mass is 16.1. The molecule has 0 aromatic rings. The van der Waals surface area contributed by atoms with E-state index in [0.717, 1.165) is 25.9 Å². The summed E-state index contributed by atoms with van der Waals surface area (Å²) in [6, 6.07) is 0.533. The summed E-state index contributed by atoms with van der Waals surface area (Å²) in [7, 11) is 0. The molecule has 3 heteroatoms. The second-order valence-electron chi connectivity index (χ2n) is 3.78. The summed E-state index contributed by atoms with van der Waals surface area (Å²) >= 11 is 0. The number of rotatable bonds is 4. The van der Waals surface area contributed by atoms with Gasteiger partial charge in [0.1, 0.15) is 0 Å². The lowest BCUT2D eigenvalue weighted by atomic mass is 10.1. The lowest BCUT2D eigenvalue weighted by Gasteiger charge is -2.39. The Morgan fingerprint density at radius 1 is 1.54 bits per heavy atom. The van der Waals surface area contributed by atoms with Crippen molar-refractivity contribution < 1.29 is 4.79 Å². The van der Waals surface area contributed by atoms with Crippen molar-refractivity contribution in [1.29, 1.82) is 0 Å². The van der Waals surface area contributed by atoms with Crippen LogP contribution in [0.5, 0.6) is 0 Å². The average molecular weight is 184 g/mol. The Morgan fingerprint density at radius 3 is 2.85 bits per heavy atom. The van der Waals surface area contributed by atoms with Crippen LogP contribution in [0.2, 0.25) is 0 Å². The van der Waals surface area contributed by atoms with Crippen LogP contribution in [0.25, 0.3) is 0 Å². The van der Waals surface area contributed by atoms with E-state index in [9.17, 15) is 4.79 Å². The summed E-state index contributed by atoms with van der Waals surface area (Å²) in [5.74, 6) is 0. The smallest absolute Gasteiger partial charge is 0.224 e. The van der Waals surface area contributed by atoms with Gasteiger partial charge in [0.15, 0.2) is 0 Å². The summed E-state index contributed by atoms with van der Waals surface area (Å²) in [6.07, 6.45) is 5.73. The van der Waals surface area contributed by atoms with Gasteiger partial charge in [-0.2, -0.15) is 0 Å². The SMILES string of the molecule is CCCN(C=O)N1CCCCC1C. The first-order valence-electron chi connectivity index (χ1n) is 5.28. The number of hydrazine groups is 1. The Kier molecular flexibility index (Phi) is 4.22. The fourth-order valence-corrected chi connectivity index (χ4v) is 1.94. The molecule has 13 heavy (non-hydrogen) atoms. The number of carbonyl (C=O) groups is 1. The van der Waals surface area contributed by atoms with Gasteiger partial charge in [0, 0.05) is 19.1 Å². The maximum Gasteiger partial charge on any atom is 0.224 e. The van der Waals surface area contributed by atoms with E-state index in [0.29, 0.717) is 6.04 Å². The lowest BCUT2D eigenvalue weighted by Crippen LogP contribution is -2.49. The van der Waals surface area contributed by atoms with Crippen LogP contribution >= 0.6 is 0 Å². The molecule has 1 heterocycles. The minimum absolute atomic E-state index is 0.533. The van der Waals surface area contributed by atoms with E-state index < -0.39 is 0 Å². The van der Waals surface area contributed by atoms with Gasteiger partial charge in [-0.05, 0) is 26.2 Å². The van der Waals surface area contributed by atoms with E-state index in [1.54, 1.807) is 0 Å². The Bertz CT molecular complexity index is 161. The number of piperidine rings is 1. The second-order valence-corrected chi connectivity index (χ2v) is 3.78. The largest absolute Gasteiger partial charge is 0.278 e. The molecule has 3 nitrogen and oxygen atoms in total. The van der Waals surface area contributed by atoms with Crippen molar-refractivity contribution >= 4 is 6.41 Å². The van der Waals surface area contributed by atoms with Gasteiger partial charge in [-0.15, -0.1) is 0 Å². The van der Waals surface area contributed by atoms with Crippen LogP contribution in [0.3, 0.4) is 0 Å². The summed E-state index contributed by atoms with van der Waals surface area (Å²) in [4.78, 5) is 10.8. The Morgan fingerprint density at radius 2 is 2.31 bits per heavy atom. The molecular weight excluding hydrogens is 164 g/mol. The van der Waals surface area contributed by atoms with E-state index in [1.165, 1.54) is 19.3 Å². The summed E-state index contributed by atoms with van der Waals surface area (Å²) in [5, 5.41) is 4.05. The molecule has 1 saturated heterocycles. The maximum atomic E-state index is 10.8. The van der Waals surface area contributed by atoms with Gasteiger partial charge in [0.2, 0.25) is 6.41 Å². The molecule has 0 spiro atoms. The maximum absolute atomic E-state index is 10.8. The Labute approximate surface area is 80.7 Å². The first kappa shape index (κ1) is 10.5. The van der Waals surface area contributed by atoms with E-state index in [-0.39, 0.29) is 0 Å². The normalized spacial score (nSPS) is 24.3. The molecule has 0 bridgehead atoms. The quantitative estimate of drug-likeness (QED) is 0.620. The van der Waals surface area contributed by atoms with Crippen LogP contribution in [0.15, 0.2) is 0 Å². The van der Waals surface area contributed by atoms with Gasteiger partial charge in [0.05, 0.1) is 0 Å². The summed E-state index contributed by atoms with van der Waals surface area (Å²) in [5.41, 5.74) is 0. The van der Waals surface area contributed by atoms with Crippen molar-refractivity contribution in [2.24, 2.45) is 0 Å². The summed E-state index contributed by atoms with van der Waals surface area (Å²) < 4.78 is 0. The van der Waals surface area contributed by atoms with Gasteiger partial charge in [0.25, 0.3) is 0 Å². The third-order valence-corrected chi connectivity index (χ3v) is 2.67. The zero-order valence-electron chi connectivity index (χ0n) is 8.70. The molecule has 1 aliphatic rings. The molecule has 1 rings (SSSR count). The molecule has 1 atom stereocenters. The Hall–Kier alpha value is -0.570. The minimum atomic E-state index is 0.533. The predicted molar refractivity (Wildman–Crippen MR) is 53.1 cm³/mol. The van der Waals surface area contributed by atoms with Gasteiger partial charge in [-0.3, -0.25) is 9.80 Å². The lowest BCUT2D eigenvalue weighted by molar-refractivity contribution is -0.141. The first-order chi connectivity index (χ1) is 6.29. The molecule has 0 saturated carbocycles. The van der Waals surface area contributed by atoms with E-state index >= 15 is 0 Å². The Balaban J connectivity index is 2.49.